The zero-order valence-electron chi connectivity index (χ0n) is 17.5. The summed E-state index contributed by atoms with van der Waals surface area (Å²) < 4.78 is 0. The van der Waals surface area contributed by atoms with E-state index in [1.54, 1.807) is 0 Å². The second kappa shape index (κ2) is 9.91. The Morgan fingerprint density at radius 1 is 1.04 bits per heavy atom. The molecule has 2 amide bonds. The summed E-state index contributed by atoms with van der Waals surface area (Å²) in [5, 5.41) is 6.04. The van der Waals surface area contributed by atoms with E-state index in [1.165, 1.54) is 5.56 Å². The van der Waals surface area contributed by atoms with Crippen LogP contribution in [0.3, 0.4) is 0 Å². The second-order valence-electron chi connectivity index (χ2n) is 8.59. The number of carbonyl (C=O) groups is 2. The number of rotatable bonds is 7. The van der Waals surface area contributed by atoms with E-state index in [0.717, 1.165) is 37.8 Å². The van der Waals surface area contributed by atoms with Crippen molar-refractivity contribution >= 4 is 17.5 Å². The highest BCUT2D eigenvalue weighted by Gasteiger charge is 2.30. The van der Waals surface area contributed by atoms with Gasteiger partial charge >= 0.3 is 0 Å². The Morgan fingerprint density at radius 3 is 2.15 bits per heavy atom. The normalized spacial score (nSPS) is 22.1. The summed E-state index contributed by atoms with van der Waals surface area (Å²) in [7, 11) is 0. The van der Waals surface area contributed by atoms with Gasteiger partial charge in [0.15, 0.2) is 0 Å². The van der Waals surface area contributed by atoms with Gasteiger partial charge in [-0.1, -0.05) is 53.2 Å². The van der Waals surface area contributed by atoms with Crippen LogP contribution in [-0.2, 0) is 9.59 Å². The molecule has 1 aromatic rings. The number of anilines is 1. The molecule has 1 aromatic carbocycles. The molecular formula is C23H36N2O2. The van der Waals surface area contributed by atoms with Crippen molar-refractivity contribution in [2.45, 2.75) is 78.7 Å². The third-order valence-electron chi connectivity index (χ3n) is 6.02. The van der Waals surface area contributed by atoms with Gasteiger partial charge in [0.2, 0.25) is 11.8 Å². The van der Waals surface area contributed by atoms with E-state index in [4.69, 9.17) is 0 Å². The van der Waals surface area contributed by atoms with Gasteiger partial charge in [0.1, 0.15) is 6.04 Å². The van der Waals surface area contributed by atoms with Gasteiger partial charge in [-0.2, -0.15) is 0 Å². The molecule has 150 valence electrons. The van der Waals surface area contributed by atoms with Crippen molar-refractivity contribution in [1.29, 1.82) is 0 Å². The molecule has 2 unspecified atom stereocenters. The molecule has 27 heavy (non-hydrogen) atoms. The first-order valence-electron chi connectivity index (χ1n) is 10.5. The molecular weight excluding hydrogens is 336 g/mol. The first-order valence-corrected chi connectivity index (χ1v) is 10.5. The first-order chi connectivity index (χ1) is 12.8. The molecule has 1 aliphatic carbocycles. The molecule has 1 saturated carbocycles. The van der Waals surface area contributed by atoms with Crippen LogP contribution in [0.1, 0.15) is 78.2 Å². The number of hydrogen-bond donors (Lipinski definition) is 2. The van der Waals surface area contributed by atoms with Crippen molar-refractivity contribution in [3.05, 3.63) is 29.8 Å². The number of hydrogen-bond acceptors (Lipinski definition) is 2. The molecule has 0 radical (unpaired) electrons. The molecule has 0 bridgehead atoms. The van der Waals surface area contributed by atoms with Crippen molar-refractivity contribution in [3.63, 3.8) is 0 Å². The van der Waals surface area contributed by atoms with Gasteiger partial charge in [-0.3, -0.25) is 9.59 Å². The Bertz CT molecular complexity index is 616. The summed E-state index contributed by atoms with van der Waals surface area (Å²) in [6.07, 6.45) is 4.89. The molecule has 2 atom stereocenters. The highest BCUT2D eigenvalue weighted by molar-refractivity contribution is 5.97. The molecule has 0 heterocycles. The maximum absolute atomic E-state index is 12.9. The maximum atomic E-state index is 12.9. The third-order valence-corrected chi connectivity index (χ3v) is 6.02. The fraction of sp³-hybridized carbons (Fsp3) is 0.652. The predicted octanol–water partition coefficient (Wildman–Crippen LogP) is 5.11. The van der Waals surface area contributed by atoms with Crippen molar-refractivity contribution in [2.75, 3.05) is 5.32 Å². The van der Waals surface area contributed by atoms with Crippen LogP contribution in [0.15, 0.2) is 24.3 Å². The summed E-state index contributed by atoms with van der Waals surface area (Å²) >= 11 is 0. The Morgan fingerprint density at radius 2 is 1.63 bits per heavy atom. The summed E-state index contributed by atoms with van der Waals surface area (Å²) in [5.41, 5.74) is 2.02. The Kier molecular flexibility index (Phi) is 7.88. The van der Waals surface area contributed by atoms with Crippen LogP contribution in [-0.4, -0.2) is 17.9 Å². The monoisotopic (exact) mass is 372 g/mol. The Labute approximate surface area is 164 Å². The quantitative estimate of drug-likeness (QED) is 0.699. The van der Waals surface area contributed by atoms with E-state index < -0.39 is 6.04 Å². The summed E-state index contributed by atoms with van der Waals surface area (Å²) in [6.45, 7) is 10.6. The zero-order valence-corrected chi connectivity index (χ0v) is 17.5. The Hall–Kier alpha value is -1.84. The van der Waals surface area contributed by atoms with Crippen molar-refractivity contribution in [2.24, 2.45) is 17.8 Å². The summed E-state index contributed by atoms with van der Waals surface area (Å²) in [4.78, 5) is 25.6. The third kappa shape index (κ3) is 6.08. The van der Waals surface area contributed by atoms with Crippen LogP contribution in [0, 0.1) is 17.8 Å². The molecule has 0 aliphatic heterocycles. The van der Waals surface area contributed by atoms with Crippen molar-refractivity contribution in [1.82, 2.24) is 5.32 Å². The maximum Gasteiger partial charge on any atom is 0.247 e. The predicted molar refractivity (Wildman–Crippen MR) is 112 cm³/mol. The molecule has 2 rings (SSSR count). The van der Waals surface area contributed by atoms with E-state index in [2.05, 4.69) is 38.3 Å². The molecule has 0 aromatic heterocycles. The first kappa shape index (κ1) is 21.5. The highest BCUT2D eigenvalue weighted by Crippen LogP contribution is 2.28. The molecule has 4 nitrogen and oxygen atoms in total. The minimum Gasteiger partial charge on any atom is -0.344 e. The number of carbonyl (C=O) groups excluding carboxylic acids is 2. The summed E-state index contributed by atoms with van der Waals surface area (Å²) in [6, 6.07) is 7.46. The fourth-order valence-corrected chi connectivity index (χ4v) is 3.67. The highest BCUT2D eigenvalue weighted by atomic mass is 16.2. The van der Waals surface area contributed by atoms with Gasteiger partial charge in [-0.05, 0) is 61.1 Å². The molecule has 1 aliphatic rings. The number of amides is 2. The minimum absolute atomic E-state index is 0.0394. The van der Waals surface area contributed by atoms with Crippen LogP contribution < -0.4 is 10.6 Å². The standard InChI is InChI=1S/C23H36N2O2/c1-6-17(5)21(25-22(26)19-9-7-16(4)8-10-19)23(27)24-20-13-11-18(12-14-20)15(2)3/h11-17,19,21H,6-10H2,1-5H3,(H,24,27)(H,25,26). The van der Waals surface area contributed by atoms with E-state index in [-0.39, 0.29) is 23.7 Å². The zero-order chi connectivity index (χ0) is 20.0. The molecule has 2 N–H and O–H groups in total. The minimum atomic E-state index is -0.494. The molecule has 0 saturated heterocycles. The van der Waals surface area contributed by atoms with Crippen molar-refractivity contribution < 1.29 is 9.59 Å². The largest absolute Gasteiger partial charge is 0.344 e. The van der Waals surface area contributed by atoms with E-state index in [9.17, 15) is 9.59 Å². The van der Waals surface area contributed by atoms with Gasteiger partial charge in [-0.15, -0.1) is 0 Å². The van der Waals surface area contributed by atoms with Crippen LogP contribution in [0.5, 0.6) is 0 Å². The van der Waals surface area contributed by atoms with E-state index >= 15 is 0 Å². The summed E-state index contributed by atoms with van der Waals surface area (Å²) in [5.74, 6) is 1.21. The van der Waals surface area contributed by atoms with Crippen LogP contribution >= 0.6 is 0 Å². The van der Waals surface area contributed by atoms with Gasteiger partial charge in [0.25, 0.3) is 0 Å². The number of benzene rings is 1. The molecule has 1 fully saturated rings. The van der Waals surface area contributed by atoms with Crippen LogP contribution in [0.2, 0.25) is 0 Å². The van der Waals surface area contributed by atoms with Gasteiger partial charge < -0.3 is 10.6 Å². The lowest BCUT2D eigenvalue weighted by molar-refractivity contribution is -0.131. The Balaban J connectivity index is 2.01. The lowest BCUT2D eigenvalue weighted by Crippen LogP contribution is -2.49. The average Bonchev–Trinajstić information content (AvgIpc) is 2.66. The average molecular weight is 373 g/mol. The van der Waals surface area contributed by atoms with Gasteiger partial charge in [0, 0.05) is 11.6 Å². The smallest absolute Gasteiger partial charge is 0.247 e. The van der Waals surface area contributed by atoms with Crippen LogP contribution in [0.4, 0.5) is 5.69 Å². The number of nitrogens with one attached hydrogen (secondary N) is 2. The van der Waals surface area contributed by atoms with Gasteiger partial charge in [0.05, 0.1) is 0 Å². The molecule has 4 heteroatoms. The van der Waals surface area contributed by atoms with Crippen LogP contribution in [0.25, 0.3) is 0 Å². The lowest BCUT2D eigenvalue weighted by atomic mass is 9.82. The second-order valence-corrected chi connectivity index (χ2v) is 8.59. The van der Waals surface area contributed by atoms with E-state index in [1.807, 2.05) is 31.2 Å². The van der Waals surface area contributed by atoms with Crippen molar-refractivity contribution in [3.8, 4) is 0 Å². The lowest BCUT2D eigenvalue weighted by Gasteiger charge is -2.29. The van der Waals surface area contributed by atoms with Gasteiger partial charge in [-0.25, -0.2) is 0 Å². The SMILES string of the molecule is CCC(C)C(NC(=O)C1CCC(C)CC1)C(=O)Nc1ccc(C(C)C)cc1. The molecule has 0 spiro atoms. The topological polar surface area (TPSA) is 58.2 Å². The van der Waals surface area contributed by atoms with E-state index in [0.29, 0.717) is 11.8 Å². The fourth-order valence-electron chi connectivity index (χ4n) is 3.67.